The topological polar surface area (TPSA) is 113 Å². The molecule has 1 saturated heterocycles. The van der Waals surface area contributed by atoms with Crippen molar-refractivity contribution >= 4 is 21.8 Å². The Kier molecular flexibility index (Phi) is 5.43. The quantitative estimate of drug-likeness (QED) is 0.774. The van der Waals surface area contributed by atoms with E-state index in [1.807, 2.05) is 0 Å². The third-order valence-corrected chi connectivity index (χ3v) is 5.91. The van der Waals surface area contributed by atoms with Crippen molar-refractivity contribution in [2.45, 2.75) is 0 Å². The number of carbonyl (C=O) groups excluding carboxylic acids is 2. The number of carbonyl (C=O) groups is 2. The van der Waals surface area contributed by atoms with Crippen molar-refractivity contribution in [3.05, 3.63) is 48.3 Å². The SMILES string of the molecule is O=C(NCCS(=O)(=O)N1CCN(C(=O)c2ccco2)CC1)c1ccco1. The first-order valence-corrected chi connectivity index (χ1v) is 9.70. The molecule has 3 rings (SSSR count). The lowest BCUT2D eigenvalue weighted by Gasteiger charge is -2.33. The fraction of sp³-hybridized carbons (Fsp3) is 0.375. The zero-order valence-corrected chi connectivity index (χ0v) is 14.8. The number of amides is 2. The first kappa shape index (κ1) is 18.2. The lowest BCUT2D eigenvalue weighted by Crippen LogP contribution is -2.51. The van der Waals surface area contributed by atoms with E-state index < -0.39 is 15.9 Å². The average molecular weight is 381 g/mol. The molecule has 140 valence electrons. The van der Waals surface area contributed by atoms with E-state index in [0.29, 0.717) is 0 Å². The van der Waals surface area contributed by atoms with E-state index in [1.165, 1.54) is 22.9 Å². The molecule has 0 spiro atoms. The molecule has 1 aliphatic heterocycles. The van der Waals surface area contributed by atoms with Crippen LogP contribution in [0.1, 0.15) is 21.1 Å². The van der Waals surface area contributed by atoms with Crippen molar-refractivity contribution < 1.29 is 26.8 Å². The van der Waals surface area contributed by atoms with Gasteiger partial charge in [-0.3, -0.25) is 9.59 Å². The van der Waals surface area contributed by atoms with Crippen molar-refractivity contribution in [3.63, 3.8) is 0 Å². The van der Waals surface area contributed by atoms with Crippen molar-refractivity contribution in [2.75, 3.05) is 38.5 Å². The summed E-state index contributed by atoms with van der Waals surface area (Å²) in [6, 6.07) is 6.28. The van der Waals surface area contributed by atoms with Gasteiger partial charge in [0.1, 0.15) is 0 Å². The summed E-state index contributed by atoms with van der Waals surface area (Å²) >= 11 is 0. The fourth-order valence-electron chi connectivity index (χ4n) is 2.64. The molecule has 1 aliphatic rings. The first-order chi connectivity index (χ1) is 12.5. The summed E-state index contributed by atoms with van der Waals surface area (Å²) in [4.78, 5) is 25.5. The normalized spacial score (nSPS) is 15.8. The molecule has 0 aliphatic carbocycles. The molecular weight excluding hydrogens is 362 g/mol. The molecule has 10 heteroatoms. The third-order valence-electron chi connectivity index (χ3n) is 4.04. The van der Waals surface area contributed by atoms with Crippen LogP contribution in [-0.4, -0.2) is 67.9 Å². The van der Waals surface area contributed by atoms with E-state index in [1.54, 1.807) is 23.1 Å². The maximum absolute atomic E-state index is 12.4. The van der Waals surface area contributed by atoms with Crippen LogP contribution in [-0.2, 0) is 10.0 Å². The molecule has 0 bridgehead atoms. The van der Waals surface area contributed by atoms with Gasteiger partial charge in [0.2, 0.25) is 10.0 Å². The van der Waals surface area contributed by atoms with Gasteiger partial charge >= 0.3 is 0 Å². The largest absolute Gasteiger partial charge is 0.459 e. The molecule has 3 heterocycles. The zero-order chi connectivity index (χ0) is 18.6. The van der Waals surface area contributed by atoms with Crippen LogP contribution in [0.4, 0.5) is 0 Å². The van der Waals surface area contributed by atoms with Crippen LogP contribution in [0.3, 0.4) is 0 Å². The third kappa shape index (κ3) is 4.14. The van der Waals surface area contributed by atoms with Crippen LogP contribution < -0.4 is 5.32 Å². The van der Waals surface area contributed by atoms with Gasteiger partial charge in [-0.25, -0.2) is 8.42 Å². The van der Waals surface area contributed by atoms with Gasteiger partial charge in [-0.1, -0.05) is 0 Å². The molecule has 2 amide bonds. The smallest absolute Gasteiger partial charge is 0.289 e. The molecule has 2 aromatic rings. The van der Waals surface area contributed by atoms with Crippen molar-refractivity contribution in [1.29, 1.82) is 0 Å². The van der Waals surface area contributed by atoms with Gasteiger partial charge in [-0.15, -0.1) is 0 Å². The van der Waals surface area contributed by atoms with Gasteiger partial charge in [-0.2, -0.15) is 4.31 Å². The molecule has 0 atom stereocenters. The maximum atomic E-state index is 12.4. The van der Waals surface area contributed by atoms with Crippen molar-refractivity contribution in [3.8, 4) is 0 Å². The Balaban J connectivity index is 1.47. The van der Waals surface area contributed by atoms with Crippen molar-refractivity contribution in [1.82, 2.24) is 14.5 Å². The molecule has 1 N–H and O–H groups in total. The molecule has 0 unspecified atom stereocenters. The molecule has 26 heavy (non-hydrogen) atoms. The van der Waals surface area contributed by atoms with Crippen LogP contribution in [0.15, 0.2) is 45.6 Å². The van der Waals surface area contributed by atoms with Crippen LogP contribution in [0.2, 0.25) is 0 Å². The van der Waals surface area contributed by atoms with Crippen LogP contribution in [0.25, 0.3) is 0 Å². The van der Waals surface area contributed by atoms with E-state index in [4.69, 9.17) is 8.83 Å². The predicted octanol–water partition coefficient (Wildman–Crippen LogP) is 0.390. The highest BCUT2D eigenvalue weighted by molar-refractivity contribution is 7.89. The van der Waals surface area contributed by atoms with Crippen LogP contribution >= 0.6 is 0 Å². The second-order valence-electron chi connectivity index (χ2n) is 5.72. The van der Waals surface area contributed by atoms with Crippen molar-refractivity contribution in [2.24, 2.45) is 0 Å². The predicted molar refractivity (Wildman–Crippen MR) is 91.0 cm³/mol. The summed E-state index contributed by atoms with van der Waals surface area (Å²) in [6.45, 7) is 0.976. The fourth-order valence-corrected chi connectivity index (χ4v) is 3.98. The van der Waals surface area contributed by atoms with Gasteiger partial charge < -0.3 is 19.1 Å². The van der Waals surface area contributed by atoms with E-state index in [0.717, 1.165) is 0 Å². The van der Waals surface area contributed by atoms with Gasteiger partial charge in [0.25, 0.3) is 11.8 Å². The summed E-state index contributed by atoms with van der Waals surface area (Å²) in [7, 11) is -3.52. The minimum Gasteiger partial charge on any atom is -0.459 e. The second kappa shape index (κ2) is 7.75. The number of rotatable bonds is 6. The van der Waals surface area contributed by atoms with Gasteiger partial charge in [0, 0.05) is 32.7 Å². The van der Waals surface area contributed by atoms with Gasteiger partial charge in [-0.05, 0) is 24.3 Å². The number of sulfonamides is 1. The zero-order valence-electron chi connectivity index (χ0n) is 14.0. The molecule has 0 radical (unpaired) electrons. The Labute approximate surface area is 150 Å². The monoisotopic (exact) mass is 381 g/mol. The minimum absolute atomic E-state index is 0.0204. The summed E-state index contributed by atoms with van der Waals surface area (Å²) in [5.41, 5.74) is 0. The Hall–Kier alpha value is -2.59. The van der Waals surface area contributed by atoms with Crippen LogP contribution in [0.5, 0.6) is 0 Å². The Morgan fingerprint density at radius 3 is 2.19 bits per heavy atom. The van der Waals surface area contributed by atoms with E-state index in [-0.39, 0.29) is 55.9 Å². The number of hydrogen-bond donors (Lipinski definition) is 1. The molecular formula is C16H19N3O6S. The lowest BCUT2D eigenvalue weighted by atomic mass is 10.3. The summed E-state index contributed by atoms with van der Waals surface area (Å²) in [6.07, 6.45) is 2.79. The summed E-state index contributed by atoms with van der Waals surface area (Å²) in [5.74, 6) is -0.558. The second-order valence-corrected chi connectivity index (χ2v) is 7.81. The highest BCUT2D eigenvalue weighted by Crippen LogP contribution is 2.12. The molecule has 0 saturated carbocycles. The first-order valence-electron chi connectivity index (χ1n) is 8.10. The molecule has 0 aromatic carbocycles. The standard InChI is InChI=1S/C16H19N3O6S/c20-15(13-3-1-10-24-13)17-5-12-26(22,23)19-8-6-18(7-9-19)16(21)14-4-2-11-25-14/h1-4,10-11H,5-9,12H2,(H,17,20). The minimum atomic E-state index is -3.52. The van der Waals surface area contributed by atoms with Gasteiger partial charge in [0.15, 0.2) is 11.5 Å². The van der Waals surface area contributed by atoms with E-state index in [9.17, 15) is 18.0 Å². The number of hydrogen-bond acceptors (Lipinski definition) is 6. The Bertz CT molecular complexity index is 837. The van der Waals surface area contributed by atoms with Crippen LogP contribution in [0, 0.1) is 0 Å². The van der Waals surface area contributed by atoms with E-state index in [2.05, 4.69) is 5.32 Å². The number of furan rings is 2. The summed E-state index contributed by atoms with van der Waals surface area (Å²) in [5, 5.41) is 2.51. The molecule has 9 nitrogen and oxygen atoms in total. The van der Waals surface area contributed by atoms with Gasteiger partial charge in [0.05, 0.1) is 18.3 Å². The van der Waals surface area contributed by atoms with E-state index >= 15 is 0 Å². The highest BCUT2D eigenvalue weighted by Gasteiger charge is 2.29. The molecule has 2 aromatic heterocycles. The lowest BCUT2D eigenvalue weighted by molar-refractivity contribution is 0.0665. The number of nitrogens with one attached hydrogen (secondary N) is 1. The Morgan fingerprint density at radius 2 is 1.62 bits per heavy atom. The average Bonchev–Trinajstić information content (AvgIpc) is 3.34. The number of nitrogens with zero attached hydrogens (tertiary/aromatic N) is 2. The summed E-state index contributed by atoms with van der Waals surface area (Å²) < 4.78 is 36.1. The highest BCUT2D eigenvalue weighted by atomic mass is 32.2. The number of piperazine rings is 1. The Morgan fingerprint density at radius 1 is 1.00 bits per heavy atom. The maximum Gasteiger partial charge on any atom is 0.289 e. The molecule has 1 fully saturated rings.